The third-order valence-corrected chi connectivity index (χ3v) is 2.47. The van der Waals surface area contributed by atoms with Crippen LogP contribution in [0.15, 0.2) is 18.3 Å². The topological polar surface area (TPSA) is 88.2 Å². The van der Waals surface area contributed by atoms with Gasteiger partial charge in [-0.1, -0.05) is 12.2 Å². The van der Waals surface area contributed by atoms with E-state index < -0.39 is 11.6 Å². The summed E-state index contributed by atoms with van der Waals surface area (Å²) in [7, 11) is 0. The number of nitrogens with one attached hydrogen (secondary N) is 1. The first-order valence-corrected chi connectivity index (χ1v) is 5.92. The van der Waals surface area contributed by atoms with E-state index in [1.807, 2.05) is 26.0 Å². The van der Waals surface area contributed by atoms with Crippen molar-refractivity contribution in [3.8, 4) is 0 Å². The molecule has 0 saturated carbocycles. The van der Waals surface area contributed by atoms with E-state index in [-0.39, 0.29) is 0 Å². The van der Waals surface area contributed by atoms with Crippen molar-refractivity contribution >= 4 is 23.3 Å². The van der Waals surface area contributed by atoms with Crippen LogP contribution < -0.4 is 11.1 Å². The van der Waals surface area contributed by atoms with E-state index in [0.717, 1.165) is 11.3 Å². The maximum absolute atomic E-state index is 10.7. The fourth-order valence-corrected chi connectivity index (χ4v) is 1.89. The van der Waals surface area contributed by atoms with Gasteiger partial charge in [-0.05, 0) is 31.5 Å². The van der Waals surface area contributed by atoms with Crippen LogP contribution in [0.5, 0.6) is 0 Å². The van der Waals surface area contributed by atoms with Crippen molar-refractivity contribution in [2.45, 2.75) is 32.2 Å². The number of nitrogens with zero attached hydrogens (tertiary/aromatic N) is 1. The number of hydrogen-bond acceptors (Lipinski definition) is 3. The van der Waals surface area contributed by atoms with E-state index in [4.69, 9.17) is 23.1 Å². The van der Waals surface area contributed by atoms with E-state index in [1.165, 1.54) is 0 Å². The minimum atomic E-state index is -1.04. The van der Waals surface area contributed by atoms with Gasteiger partial charge >= 0.3 is 6.09 Å². The van der Waals surface area contributed by atoms with Crippen molar-refractivity contribution in [2.24, 2.45) is 5.73 Å². The number of thiocarbonyl (C=S) groups is 1. The van der Waals surface area contributed by atoms with E-state index in [0.29, 0.717) is 17.8 Å². The molecule has 1 aromatic rings. The zero-order valence-corrected chi connectivity index (χ0v) is 11.3. The monoisotopic (exact) mass is 267 g/mol. The first kappa shape index (κ1) is 14.4. The Hall–Kier alpha value is -1.69. The largest absolute Gasteiger partial charge is 0.465 e. The molecule has 98 valence electrons. The summed E-state index contributed by atoms with van der Waals surface area (Å²) in [6.07, 6.45) is 1.67. The average Bonchev–Trinajstić information content (AvgIpc) is 2.13. The normalized spacial score (nSPS) is 11.0. The minimum Gasteiger partial charge on any atom is -0.465 e. The van der Waals surface area contributed by atoms with Gasteiger partial charge in [0.15, 0.2) is 0 Å². The minimum absolute atomic E-state index is 0.426. The molecule has 5 nitrogen and oxygen atoms in total. The van der Waals surface area contributed by atoms with Crippen LogP contribution in [0.25, 0.3) is 0 Å². The van der Waals surface area contributed by atoms with Crippen molar-refractivity contribution in [3.05, 3.63) is 29.6 Å². The van der Waals surface area contributed by atoms with Crippen LogP contribution >= 0.6 is 12.2 Å². The number of hydrogen-bond donors (Lipinski definition) is 3. The highest BCUT2D eigenvalue weighted by Crippen LogP contribution is 2.12. The molecule has 0 spiro atoms. The molecule has 1 heterocycles. The Balaban J connectivity index is 2.78. The van der Waals surface area contributed by atoms with Crippen LogP contribution in [0.4, 0.5) is 4.79 Å². The molecule has 6 heteroatoms. The predicted octanol–water partition coefficient (Wildman–Crippen LogP) is 1.50. The summed E-state index contributed by atoms with van der Waals surface area (Å²) in [4.78, 5) is 15.3. The number of carbonyl (C=O) groups is 1. The molecule has 0 fully saturated rings. The Morgan fingerprint density at radius 2 is 2.28 bits per heavy atom. The molecule has 0 atom stereocenters. The number of carboxylic acid groups (broad SMARTS) is 1. The third kappa shape index (κ3) is 5.09. The fraction of sp³-hybridized carbons (Fsp3) is 0.417. The number of amides is 1. The van der Waals surface area contributed by atoms with Crippen molar-refractivity contribution in [1.82, 2.24) is 10.3 Å². The van der Waals surface area contributed by atoms with Gasteiger partial charge in [0.2, 0.25) is 0 Å². The molecule has 0 aliphatic heterocycles. The standard InChI is InChI=1S/C12H17N3O2S/c1-12(2,15-11(16)17)7-9-5-8(3-4-14-9)6-10(13)18/h3-5,15H,6-7H2,1-2H3,(H2,13,18)(H,16,17). The highest BCUT2D eigenvalue weighted by atomic mass is 32.1. The molecule has 1 rings (SSSR count). The summed E-state index contributed by atoms with van der Waals surface area (Å²) in [5.74, 6) is 0. The summed E-state index contributed by atoms with van der Waals surface area (Å²) in [6, 6.07) is 3.74. The lowest BCUT2D eigenvalue weighted by atomic mass is 9.97. The van der Waals surface area contributed by atoms with Crippen LogP contribution in [0.1, 0.15) is 25.1 Å². The van der Waals surface area contributed by atoms with E-state index in [9.17, 15) is 4.79 Å². The quantitative estimate of drug-likeness (QED) is 0.704. The van der Waals surface area contributed by atoms with Crippen molar-refractivity contribution < 1.29 is 9.90 Å². The van der Waals surface area contributed by atoms with Crippen LogP contribution in [0, 0.1) is 0 Å². The lowest BCUT2D eigenvalue weighted by Gasteiger charge is -2.24. The Kier molecular flexibility index (Phi) is 4.61. The Bertz CT molecular complexity index is 460. The Morgan fingerprint density at radius 1 is 1.61 bits per heavy atom. The molecule has 0 aromatic carbocycles. The maximum atomic E-state index is 10.7. The molecule has 0 saturated heterocycles. The summed E-state index contributed by atoms with van der Waals surface area (Å²) >= 11 is 4.85. The molecule has 18 heavy (non-hydrogen) atoms. The first-order chi connectivity index (χ1) is 8.28. The van der Waals surface area contributed by atoms with Crippen LogP contribution in [-0.4, -0.2) is 26.7 Å². The van der Waals surface area contributed by atoms with Gasteiger partial charge in [-0.25, -0.2) is 4.79 Å². The molecular formula is C12H17N3O2S. The van der Waals surface area contributed by atoms with Gasteiger partial charge < -0.3 is 16.2 Å². The van der Waals surface area contributed by atoms with Gasteiger partial charge in [-0.15, -0.1) is 0 Å². The number of nitrogens with two attached hydrogens (primary N) is 1. The number of pyridine rings is 1. The van der Waals surface area contributed by atoms with Gasteiger partial charge in [0.25, 0.3) is 0 Å². The lowest BCUT2D eigenvalue weighted by molar-refractivity contribution is 0.182. The van der Waals surface area contributed by atoms with Crippen LogP contribution in [0.3, 0.4) is 0 Å². The average molecular weight is 267 g/mol. The SMILES string of the molecule is CC(C)(Cc1cc(CC(N)=S)ccn1)NC(=O)O. The summed E-state index contributed by atoms with van der Waals surface area (Å²) in [5, 5.41) is 11.2. The van der Waals surface area contributed by atoms with E-state index >= 15 is 0 Å². The number of rotatable bonds is 5. The second-order valence-corrected chi connectivity index (χ2v) is 5.31. The van der Waals surface area contributed by atoms with Crippen LogP contribution in [-0.2, 0) is 12.8 Å². The molecule has 0 aliphatic rings. The van der Waals surface area contributed by atoms with Gasteiger partial charge in [-0.3, -0.25) is 4.98 Å². The van der Waals surface area contributed by atoms with Crippen molar-refractivity contribution in [2.75, 3.05) is 0 Å². The summed E-state index contributed by atoms with van der Waals surface area (Å²) in [6.45, 7) is 3.62. The Labute approximate surface area is 111 Å². The smallest absolute Gasteiger partial charge is 0.405 e. The van der Waals surface area contributed by atoms with Crippen molar-refractivity contribution in [1.29, 1.82) is 0 Å². The zero-order valence-electron chi connectivity index (χ0n) is 10.4. The molecule has 0 aliphatic carbocycles. The van der Waals surface area contributed by atoms with Crippen molar-refractivity contribution in [3.63, 3.8) is 0 Å². The second-order valence-electron chi connectivity index (χ2n) is 4.79. The van der Waals surface area contributed by atoms with Gasteiger partial charge in [0.05, 0.1) is 4.99 Å². The molecule has 1 amide bonds. The summed E-state index contributed by atoms with van der Waals surface area (Å²) < 4.78 is 0. The highest BCUT2D eigenvalue weighted by molar-refractivity contribution is 7.80. The van der Waals surface area contributed by atoms with Gasteiger partial charge in [0.1, 0.15) is 0 Å². The van der Waals surface area contributed by atoms with Gasteiger partial charge in [-0.2, -0.15) is 0 Å². The first-order valence-electron chi connectivity index (χ1n) is 5.52. The molecule has 0 unspecified atom stereocenters. The molecule has 0 bridgehead atoms. The molecule has 1 aromatic heterocycles. The molecule has 0 radical (unpaired) electrons. The Morgan fingerprint density at radius 3 is 2.83 bits per heavy atom. The predicted molar refractivity (Wildman–Crippen MR) is 73.7 cm³/mol. The molecule has 4 N–H and O–H groups in total. The summed E-state index contributed by atoms with van der Waals surface area (Å²) in [5.41, 5.74) is 6.71. The number of aromatic nitrogens is 1. The van der Waals surface area contributed by atoms with E-state index in [2.05, 4.69) is 10.3 Å². The van der Waals surface area contributed by atoms with Gasteiger partial charge in [0, 0.05) is 30.3 Å². The van der Waals surface area contributed by atoms with Crippen LogP contribution in [0.2, 0.25) is 0 Å². The third-order valence-electron chi connectivity index (χ3n) is 2.33. The fourth-order valence-electron chi connectivity index (χ4n) is 1.72. The highest BCUT2D eigenvalue weighted by Gasteiger charge is 2.21. The molecular weight excluding hydrogens is 250 g/mol. The van der Waals surface area contributed by atoms with E-state index in [1.54, 1.807) is 6.20 Å². The maximum Gasteiger partial charge on any atom is 0.405 e. The second kappa shape index (κ2) is 5.77. The lowest BCUT2D eigenvalue weighted by Crippen LogP contribution is -2.44. The zero-order chi connectivity index (χ0) is 13.8.